The summed E-state index contributed by atoms with van der Waals surface area (Å²) in [5, 5.41) is 0. The van der Waals surface area contributed by atoms with Crippen LogP contribution in [-0.4, -0.2) is 46.4 Å². The summed E-state index contributed by atoms with van der Waals surface area (Å²) in [6.07, 6.45) is 2.07. The smallest absolute Gasteiger partial charge is 0.200 e. The van der Waals surface area contributed by atoms with Crippen LogP contribution in [0.2, 0.25) is 0 Å². The highest BCUT2D eigenvalue weighted by molar-refractivity contribution is 5.50. The summed E-state index contributed by atoms with van der Waals surface area (Å²) >= 11 is 0. The van der Waals surface area contributed by atoms with Crippen LogP contribution in [0.4, 0.5) is 0 Å². The maximum absolute atomic E-state index is 9.73. The average molecular weight is 175 g/mol. The average Bonchev–Trinajstić information content (AvgIpc) is 2.10. The second-order valence-corrected chi connectivity index (χ2v) is 2.11. The lowest BCUT2D eigenvalue weighted by Gasteiger charge is -2.03. The number of hydrogen-bond acceptors (Lipinski definition) is 4. The highest BCUT2D eigenvalue weighted by Crippen LogP contribution is 1.81. The Balaban J connectivity index is 2.77. The maximum atomic E-state index is 9.73. The van der Waals surface area contributed by atoms with Crippen LogP contribution in [0.5, 0.6) is 0 Å². The van der Waals surface area contributed by atoms with E-state index in [2.05, 4.69) is 0 Å². The van der Waals surface area contributed by atoms with Gasteiger partial charge in [-0.05, 0) is 0 Å². The molecule has 0 heterocycles. The van der Waals surface area contributed by atoms with Gasteiger partial charge in [0.1, 0.15) is 0 Å². The van der Waals surface area contributed by atoms with Gasteiger partial charge in [-0.15, -0.1) is 0 Å². The molecular formula is C8H15O4. The third kappa shape index (κ3) is 9.55. The van der Waals surface area contributed by atoms with Crippen molar-refractivity contribution in [2.75, 3.05) is 40.1 Å². The van der Waals surface area contributed by atoms with E-state index < -0.39 is 0 Å². The van der Waals surface area contributed by atoms with Gasteiger partial charge in [-0.1, -0.05) is 0 Å². The van der Waals surface area contributed by atoms with Crippen LogP contribution in [0.15, 0.2) is 0 Å². The minimum absolute atomic E-state index is 0.331. The van der Waals surface area contributed by atoms with E-state index in [1.807, 2.05) is 0 Å². The van der Waals surface area contributed by atoms with Gasteiger partial charge in [0, 0.05) is 13.5 Å². The lowest BCUT2D eigenvalue weighted by Crippen LogP contribution is -2.08. The van der Waals surface area contributed by atoms with Gasteiger partial charge in [-0.3, -0.25) is 4.79 Å². The first-order chi connectivity index (χ1) is 5.91. The molecule has 0 unspecified atom stereocenters. The van der Waals surface area contributed by atoms with Crippen LogP contribution in [0, 0.1) is 0 Å². The van der Waals surface area contributed by atoms with Crippen molar-refractivity contribution in [1.82, 2.24) is 0 Å². The van der Waals surface area contributed by atoms with Crippen molar-refractivity contribution >= 4 is 6.29 Å². The van der Waals surface area contributed by atoms with Crippen molar-refractivity contribution in [3.05, 3.63) is 0 Å². The van der Waals surface area contributed by atoms with E-state index >= 15 is 0 Å². The zero-order valence-electron chi connectivity index (χ0n) is 7.38. The molecule has 0 aliphatic rings. The highest BCUT2D eigenvalue weighted by atomic mass is 16.5. The maximum Gasteiger partial charge on any atom is 0.200 e. The Labute approximate surface area is 72.8 Å². The Bertz CT molecular complexity index is 95.1. The molecule has 71 valence electrons. The minimum atomic E-state index is 0.331. The van der Waals surface area contributed by atoms with Crippen molar-refractivity contribution in [1.29, 1.82) is 0 Å². The van der Waals surface area contributed by atoms with Crippen LogP contribution in [0.1, 0.15) is 6.42 Å². The lowest BCUT2D eigenvalue weighted by molar-refractivity contribution is 0.0264. The van der Waals surface area contributed by atoms with Gasteiger partial charge in [-0.2, -0.15) is 0 Å². The summed E-state index contributed by atoms with van der Waals surface area (Å²) in [6, 6.07) is 0. The Kier molecular flexibility index (Phi) is 10.2. The SMILES string of the molecule is COCCOCCOCC[C]=O. The molecule has 0 aliphatic heterocycles. The van der Waals surface area contributed by atoms with E-state index in [9.17, 15) is 4.79 Å². The Morgan fingerprint density at radius 3 is 2.17 bits per heavy atom. The Morgan fingerprint density at radius 2 is 1.58 bits per heavy atom. The minimum Gasteiger partial charge on any atom is -0.382 e. The van der Waals surface area contributed by atoms with Crippen molar-refractivity contribution < 1.29 is 19.0 Å². The standard InChI is InChI=1S/C8H15O4/c1-10-5-6-12-8-7-11-4-2-3-9/h2,4-8H2,1H3. The third-order valence-electron chi connectivity index (χ3n) is 1.15. The Hall–Kier alpha value is -0.450. The molecule has 0 aromatic rings. The number of ether oxygens (including phenoxy) is 3. The number of carbonyl (C=O) groups excluding carboxylic acids is 1. The van der Waals surface area contributed by atoms with E-state index in [1.165, 1.54) is 0 Å². The molecule has 4 nitrogen and oxygen atoms in total. The quantitative estimate of drug-likeness (QED) is 0.468. The summed E-state index contributed by atoms with van der Waals surface area (Å²) in [5.41, 5.74) is 0. The highest BCUT2D eigenvalue weighted by Gasteiger charge is 1.89. The van der Waals surface area contributed by atoms with E-state index in [0.29, 0.717) is 39.5 Å². The molecule has 0 saturated heterocycles. The normalized spacial score (nSPS) is 10.1. The van der Waals surface area contributed by atoms with Crippen molar-refractivity contribution in [3.63, 3.8) is 0 Å². The van der Waals surface area contributed by atoms with Crippen LogP contribution >= 0.6 is 0 Å². The molecule has 0 aromatic heterocycles. The van der Waals surface area contributed by atoms with Gasteiger partial charge in [0.05, 0.1) is 33.0 Å². The monoisotopic (exact) mass is 175 g/mol. The molecule has 4 heteroatoms. The molecule has 12 heavy (non-hydrogen) atoms. The zero-order chi connectivity index (χ0) is 9.07. The lowest BCUT2D eigenvalue weighted by atomic mass is 10.5. The molecule has 0 spiro atoms. The first-order valence-electron chi connectivity index (χ1n) is 3.91. The summed E-state index contributed by atoms with van der Waals surface area (Å²) in [5.74, 6) is 0. The second-order valence-electron chi connectivity index (χ2n) is 2.11. The van der Waals surface area contributed by atoms with Crippen molar-refractivity contribution in [3.8, 4) is 0 Å². The zero-order valence-corrected chi connectivity index (χ0v) is 7.38. The van der Waals surface area contributed by atoms with Crippen LogP contribution in [0.3, 0.4) is 0 Å². The molecule has 1 radical (unpaired) electrons. The molecule has 0 amide bonds. The summed E-state index contributed by atoms with van der Waals surface area (Å²) in [4.78, 5) is 9.73. The molecule has 0 fully saturated rings. The van der Waals surface area contributed by atoms with E-state index in [-0.39, 0.29) is 0 Å². The van der Waals surface area contributed by atoms with Crippen molar-refractivity contribution in [2.45, 2.75) is 6.42 Å². The van der Waals surface area contributed by atoms with Gasteiger partial charge < -0.3 is 14.2 Å². The predicted molar refractivity (Wildman–Crippen MR) is 43.8 cm³/mol. The molecular weight excluding hydrogens is 160 g/mol. The van der Waals surface area contributed by atoms with E-state index in [1.54, 1.807) is 13.4 Å². The molecule has 0 atom stereocenters. The Morgan fingerprint density at radius 1 is 1.00 bits per heavy atom. The molecule has 0 aliphatic carbocycles. The van der Waals surface area contributed by atoms with Gasteiger partial charge in [0.15, 0.2) is 0 Å². The molecule has 0 saturated carbocycles. The fourth-order valence-electron chi connectivity index (χ4n) is 0.578. The summed E-state index contributed by atoms with van der Waals surface area (Å²) in [6.45, 7) is 2.67. The fourth-order valence-corrected chi connectivity index (χ4v) is 0.578. The number of rotatable bonds is 9. The topological polar surface area (TPSA) is 44.8 Å². The largest absolute Gasteiger partial charge is 0.382 e. The van der Waals surface area contributed by atoms with Gasteiger partial charge in [0.2, 0.25) is 6.29 Å². The van der Waals surface area contributed by atoms with Gasteiger partial charge in [-0.25, -0.2) is 0 Å². The van der Waals surface area contributed by atoms with E-state index in [0.717, 1.165) is 0 Å². The van der Waals surface area contributed by atoms with Crippen LogP contribution in [-0.2, 0) is 19.0 Å². The molecule has 0 bridgehead atoms. The van der Waals surface area contributed by atoms with Crippen LogP contribution in [0.25, 0.3) is 0 Å². The molecule has 0 aromatic carbocycles. The van der Waals surface area contributed by atoms with Gasteiger partial charge in [0.25, 0.3) is 0 Å². The fraction of sp³-hybridized carbons (Fsp3) is 0.875. The predicted octanol–water partition coefficient (Wildman–Crippen LogP) is 0.166. The van der Waals surface area contributed by atoms with Crippen LogP contribution < -0.4 is 0 Å². The third-order valence-corrected chi connectivity index (χ3v) is 1.15. The van der Waals surface area contributed by atoms with E-state index in [4.69, 9.17) is 14.2 Å². The number of hydrogen-bond donors (Lipinski definition) is 0. The molecule has 0 rings (SSSR count). The number of methoxy groups -OCH3 is 1. The molecule has 0 N–H and O–H groups in total. The second kappa shape index (κ2) is 10.6. The van der Waals surface area contributed by atoms with Gasteiger partial charge >= 0.3 is 0 Å². The first kappa shape index (κ1) is 11.6. The van der Waals surface area contributed by atoms with Crippen molar-refractivity contribution in [2.24, 2.45) is 0 Å². The first-order valence-corrected chi connectivity index (χ1v) is 3.91. The summed E-state index contributed by atoms with van der Waals surface area (Å²) in [7, 11) is 1.62. The summed E-state index contributed by atoms with van der Waals surface area (Å²) < 4.78 is 14.9.